The van der Waals surface area contributed by atoms with Crippen LogP contribution < -0.4 is 0 Å². The molecule has 0 aliphatic heterocycles. The van der Waals surface area contributed by atoms with Crippen molar-refractivity contribution in [3.05, 3.63) is 114 Å². The number of ether oxygens (including phenoxy) is 1. The summed E-state index contributed by atoms with van der Waals surface area (Å²) in [5, 5.41) is 21.4. The van der Waals surface area contributed by atoms with Gasteiger partial charge in [-0.05, 0) is 16.7 Å². The monoisotopic (exact) mass is 360 g/mol. The molecular formula is C24H24O3. The molecule has 0 aliphatic carbocycles. The van der Waals surface area contributed by atoms with E-state index in [1.54, 1.807) is 18.2 Å². The quantitative estimate of drug-likeness (QED) is 0.627. The Balaban J connectivity index is 1.76. The van der Waals surface area contributed by atoms with E-state index in [1.165, 1.54) is 0 Å². The van der Waals surface area contributed by atoms with Crippen molar-refractivity contribution in [3.63, 3.8) is 0 Å². The molecule has 3 nitrogen and oxygen atoms in total. The molecule has 0 heterocycles. The average molecular weight is 360 g/mol. The van der Waals surface area contributed by atoms with Crippen LogP contribution in [-0.2, 0) is 11.3 Å². The van der Waals surface area contributed by atoms with Gasteiger partial charge in [0, 0.05) is 0 Å². The summed E-state index contributed by atoms with van der Waals surface area (Å²) in [5.41, 5.74) is 2.68. The Bertz CT molecular complexity index is 816. The van der Waals surface area contributed by atoms with Crippen LogP contribution in [0.15, 0.2) is 97.1 Å². The highest BCUT2D eigenvalue weighted by Crippen LogP contribution is 2.22. The molecule has 3 aromatic rings. The number of rotatable bonds is 8. The molecule has 0 fully saturated rings. The summed E-state index contributed by atoms with van der Waals surface area (Å²) >= 11 is 0. The van der Waals surface area contributed by atoms with Crippen molar-refractivity contribution in [1.82, 2.24) is 0 Å². The maximum Gasteiger partial charge on any atom is 0.114 e. The van der Waals surface area contributed by atoms with Crippen molar-refractivity contribution < 1.29 is 14.9 Å². The van der Waals surface area contributed by atoms with Gasteiger partial charge in [-0.2, -0.15) is 0 Å². The van der Waals surface area contributed by atoms with Gasteiger partial charge >= 0.3 is 0 Å². The molecular weight excluding hydrogens is 336 g/mol. The summed E-state index contributed by atoms with van der Waals surface area (Å²) in [6.45, 7) is 0.350. The Kier molecular flexibility index (Phi) is 6.94. The molecule has 0 saturated heterocycles. The van der Waals surface area contributed by atoms with Crippen LogP contribution in [0.3, 0.4) is 0 Å². The van der Waals surface area contributed by atoms with Gasteiger partial charge in [0.05, 0.1) is 6.61 Å². The number of aliphatic hydroxyl groups excluding tert-OH is 2. The predicted molar refractivity (Wildman–Crippen MR) is 108 cm³/mol. The van der Waals surface area contributed by atoms with Gasteiger partial charge in [-0.25, -0.2) is 0 Å². The Morgan fingerprint density at radius 2 is 1.30 bits per heavy atom. The zero-order valence-electron chi connectivity index (χ0n) is 15.1. The highest BCUT2D eigenvalue weighted by molar-refractivity contribution is 5.49. The van der Waals surface area contributed by atoms with E-state index in [-0.39, 0.29) is 0 Å². The summed E-state index contributed by atoms with van der Waals surface area (Å²) < 4.78 is 5.96. The molecule has 3 aromatic carbocycles. The van der Waals surface area contributed by atoms with E-state index < -0.39 is 18.3 Å². The first-order valence-corrected chi connectivity index (χ1v) is 9.04. The van der Waals surface area contributed by atoms with Gasteiger partial charge in [0.1, 0.15) is 18.3 Å². The molecule has 138 valence electrons. The first kappa shape index (κ1) is 19.1. The number of hydrogen-bond donors (Lipinski definition) is 2. The summed E-state index contributed by atoms with van der Waals surface area (Å²) in [7, 11) is 0. The second kappa shape index (κ2) is 9.83. The van der Waals surface area contributed by atoms with Gasteiger partial charge in [0.15, 0.2) is 0 Å². The SMILES string of the molecule is O[C@H]([C@H](O)c1ccccc1)[C@@H](/C=C/c1ccccc1)OCc1ccccc1. The fourth-order valence-corrected chi connectivity index (χ4v) is 2.83. The van der Waals surface area contributed by atoms with Crippen molar-refractivity contribution in [2.45, 2.75) is 24.9 Å². The van der Waals surface area contributed by atoms with E-state index >= 15 is 0 Å². The van der Waals surface area contributed by atoms with E-state index in [2.05, 4.69) is 0 Å². The molecule has 0 bridgehead atoms. The zero-order valence-corrected chi connectivity index (χ0v) is 15.1. The lowest BCUT2D eigenvalue weighted by atomic mass is 9.99. The molecule has 3 atom stereocenters. The minimum Gasteiger partial charge on any atom is -0.387 e. The number of benzene rings is 3. The second-order valence-corrected chi connectivity index (χ2v) is 6.38. The van der Waals surface area contributed by atoms with Crippen LogP contribution in [0.25, 0.3) is 6.08 Å². The zero-order chi connectivity index (χ0) is 18.9. The second-order valence-electron chi connectivity index (χ2n) is 6.38. The maximum atomic E-state index is 10.8. The molecule has 0 spiro atoms. The molecule has 2 N–H and O–H groups in total. The fourth-order valence-electron chi connectivity index (χ4n) is 2.83. The van der Waals surface area contributed by atoms with E-state index in [9.17, 15) is 10.2 Å². The third kappa shape index (κ3) is 5.63. The lowest BCUT2D eigenvalue weighted by Gasteiger charge is -2.25. The van der Waals surface area contributed by atoms with Crippen molar-refractivity contribution in [3.8, 4) is 0 Å². The fraction of sp³-hybridized carbons (Fsp3) is 0.167. The maximum absolute atomic E-state index is 10.8. The van der Waals surface area contributed by atoms with E-state index in [1.807, 2.05) is 84.9 Å². The molecule has 0 radical (unpaired) electrons. The third-order valence-corrected chi connectivity index (χ3v) is 4.36. The molecule has 27 heavy (non-hydrogen) atoms. The van der Waals surface area contributed by atoms with Gasteiger partial charge in [-0.1, -0.05) is 103 Å². The molecule has 0 unspecified atom stereocenters. The predicted octanol–water partition coefficient (Wildman–Crippen LogP) is 4.38. The summed E-state index contributed by atoms with van der Waals surface area (Å²) in [6, 6.07) is 28.7. The average Bonchev–Trinajstić information content (AvgIpc) is 2.75. The minimum atomic E-state index is -1.09. The smallest absolute Gasteiger partial charge is 0.114 e. The molecule has 0 saturated carbocycles. The van der Waals surface area contributed by atoms with Crippen LogP contribution in [0.5, 0.6) is 0 Å². The van der Waals surface area contributed by atoms with Crippen LogP contribution >= 0.6 is 0 Å². The lowest BCUT2D eigenvalue weighted by molar-refractivity contribution is -0.0763. The van der Waals surface area contributed by atoms with Crippen molar-refractivity contribution in [1.29, 1.82) is 0 Å². The van der Waals surface area contributed by atoms with Gasteiger partial charge in [0.2, 0.25) is 0 Å². The van der Waals surface area contributed by atoms with Crippen LogP contribution in [0, 0.1) is 0 Å². The van der Waals surface area contributed by atoms with Crippen molar-refractivity contribution >= 4 is 6.08 Å². The van der Waals surface area contributed by atoms with E-state index in [0.29, 0.717) is 12.2 Å². The van der Waals surface area contributed by atoms with E-state index in [0.717, 1.165) is 11.1 Å². The normalized spacial score (nSPS) is 14.7. The van der Waals surface area contributed by atoms with Crippen molar-refractivity contribution in [2.24, 2.45) is 0 Å². The van der Waals surface area contributed by atoms with Crippen molar-refractivity contribution in [2.75, 3.05) is 0 Å². The first-order valence-electron chi connectivity index (χ1n) is 9.04. The molecule has 0 aliphatic rings. The molecule has 0 amide bonds. The van der Waals surface area contributed by atoms with Gasteiger partial charge in [-0.15, -0.1) is 0 Å². The molecule has 3 heteroatoms. The van der Waals surface area contributed by atoms with Crippen LogP contribution in [0.2, 0.25) is 0 Å². The highest BCUT2D eigenvalue weighted by Gasteiger charge is 2.26. The number of hydrogen-bond acceptors (Lipinski definition) is 3. The summed E-state index contributed by atoms with van der Waals surface area (Å²) in [5.74, 6) is 0. The topological polar surface area (TPSA) is 49.7 Å². The standard InChI is InChI=1S/C24H24O3/c25-23(21-14-8-3-9-15-21)24(26)22(17-16-19-10-4-1-5-11-19)27-18-20-12-6-2-7-13-20/h1-17,22-26H,18H2/b17-16+/t22-,23-,24+/m1/s1. The van der Waals surface area contributed by atoms with Gasteiger partial charge < -0.3 is 14.9 Å². The largest absolute Gasteiger partial charge is 0.387 e. The Morgan fingerprint density at radius 1 is 0.741 bits per heavy atom. The molecule has 0 aromatic heterocycles. The van der Waals surface area contributed by atoms with Crippen LogP contribution in [0.1, 0.15) is 22.8 Å². The van der Waals surface area contributed by atoms with Gasteiger partial charge in [-0.3, -0.25) is 0 Å². The molecule has 3 rings (SSSR count). The Hall–Kier alpha value is -2.72. The number of aliphatic hydroxyl groups is 2. The van der Waals surface area contributed by atoms with Crippen LogP contribution in [-0.4, -0.2) is 22.4 Å². The first-order chi connectivity index (χ1) is 13.2. The highest BCUT2D eigenvalue weighted by atomic mass is 16.5. The third-order valence-electron chi connectivity index (χ3n) is 4.36. The van der Waals surface area contributed by atoms with Gasteiger partial charge in [0.25, 0.3) is 0 Å². The minimum absolute atomic E-state index is 0.350. The van der Waals surface area contributed by atoms with Crippen LogP contribution in [0.4, 0.5) is 0 Å². The summed E-state index contributed by atoms with van der Waals surface area (Å²) in [6.07, 6.45) is 0.926. The lowest BCUT2D eigenvalue weighted by Crippen LogP contribution is -2.33. The summed E-state index contributed by atoms with van der Waals surface area (Å²) in [4.78, 5) is 0. The Morgan fingerprint density at radius 3 is 1.93 bits per heavy atom. The van der Waals surface area contributed by atoms with E-state index in [4.69, 9.17) is 4.74 Å². The Labute approximate surface area is 160 Å².